The lowest BCUT2D eigenvalue weighted by Gasteiger charge is -2.15. The number of pyridine rings is 1. The molecule has 4 rings (SSSR count). The van der Waals surface area contributed by atoms with E-state index in [-0.39, 0.29) is 30.6 Å². The van der Waals surface area contributed by atoms with Crippen LogP contribution in [0.2, 0.25) is 0 Å². The van der Waals surface area contributed by atoms with Gasteiger partial charge in [-0.1, -0.05) is 30.3 Å². The van der Waals surface area contributed by atoms with Gasteiger partial charge in [-0.2, -0.15) is 0 Å². The summed E-state index contributed by atoms with van der Waals surface area (Å²) < 4.78 is 31.4. The minimum atomic E-state index is -0.638. The number of aliphatic hydroxyl groups is 1. The van der Waals surface area contributed by atoms with Crippen molar-refractivity contribution in [1.29, 1.82) is 0 Å². The van der Waals surface area contributed by atoms with Crippen LogP contribution in [-0.2, 0) is 11.2 Å². The Hall–Kier alpha value is -4.17. The molecule has 0 saturated heterocycles. The van der Waals surface area contributed by atoms with Crippen molar-refractivity contribution in [2.45, 2.75) is 12.8 Å². The van der Waals surface area contributed by atoms with Gasteiger partial charge in [-0.05, 0) is 42.2 Å². The van der Waals surface area contributed by atoms with Gasteiger partial charge in [-0.25, -0.2) is 4.39 Å². The third kappa shape index (κ3) is 5.90. The monoisotopic (exact) mass is 490 g/mol. The molecule has 0 fully saturated rings. The standard InChI is InChI=1S/C28H27FN2O5/c1-34-26-15-21-23(16-27(26)35-2)30-11-10-24(21)36-25-9-8-20(14-22(25)29)31-28(33)13-19(17-32)12-18-6-4-3-5-7-18/h3-11,14-16,19,32H,12-13,17H2,1-2H3,(H,31,33). The predicted octanol–water partition coefficient (Wildman–Crippen LogP) is 5.36. The number of carbonyl (C=O) groups excluding carboxylic acids is 1. The van der Waals surface area contributed by atoms with Crippen molar-refractivity contribution in [2.75, 3.05) is 26.1 Å². The zero-order chi connectivity index (χ0) is 25.5. The Labute approximate surface area is 208 Å². The molecule has 0 radical (unpaired) electrons. The zero-order valence-corrected chi connectivity index (χ0v) is 20.0. The van der Waals surface area contributed by atoms with E-state index in [4.69, 9.17) is 14.2 Å². The summed E-state index contributed by atoms with van der Waals surface area (Å²) in [6.07, 6.45) is 2.24. The van der Waals surface area contributed by atoms with Gasteiger partial charge in [0.1, 0.15) is 5.75 Å². The van der Waals surface area contributed by atoms with E-state index in [1.165, 1.54) is 26.4 Å². The average molecular weight is 491 g/mol. The molecule has 0 spiro atoms. The van der Waals surface area contributed by atoms with E-state index < -0.39 is 5.82 Å². The maximum absolute atomic E-state index is 14.9. The smallest absolute Gasteiger partial charge is 0.224 e. The minimum absolute atomic E-state index is 0.00686. The van der Waals surface area contributed by atoms with Crippen LogP contribution in [0.15, 0.2) is 72.9 Å². The highest BCUT2D eigenvalue weighted by atomic mass is 19.1. The third-order valence-electron chi connectivity index (χ3n) is 5.74. The van der Waals surface area contributed by atoms with E-state index in [9.17, 15) is 14.3 Å². The van der Waals surface area contributed by atoms with Crippen LogP contribution >= 0.6 is 0 Å². The summed E-state index contributed by atoms with van der Waals surface area (Å²) in [6, 6.07) is 18.9. The van der Waals surface area contributed by atoms with E-state index in [1.807, 2.05) is 30.3 Å². The van der Waals surface area contributed by atoms with Crippen LogP contribution in [0.1, 0.15) is 12.0 Å². The molecule has 3 aromatic carbocycles. The average Bonchev–Trinajstić information content (AvgIpc) is 2.89. The van der Waals surface area contributed by atoms with Crippen LogP contribution in [0.3, 0.4) is 0 Å². The molecule has 186 valence electrons. The first-order chi connectivity index (χ1) is 17.5. The number of amides is 1. The van der Waals surface area contributed by atoms with Crippen molar-refractivity contribution in [1.82, 2.24) is 4.98 Å². The summed E-state index contributed by atoms with van der Waals surface area (Å²) >= 11 is 0. The van der Waals surface area contributed by atoms with Gasteiger partial charge in [0.2, 0.25) is 5.91 Å². The molecule has 0 aliphatic rings. The number of nitrogens with zero attached hydrogens (tertiary/aromatic N) is 1. The zero-order valence-electron chi connectivity index (χ0n) is 20.0. The van der Waals surface area contributed by atoms with Crippen LogP contribution in [0.25, 0.3) is 10.9 Å². The van der Waals surface area contributed by atoms with Crippen molar-refractivity contribution in [3.05, 3.63) is 84.3 Å². The van der Waals surface area contributed by atoms with Gasteiger partial charge in [0.15, 0.2) is 23.1 Å². The first-order valence-corrected chi connectivity index (χ1v) is 11.4. The fraction of sp³-hybridized carbons (Fsp3) is 0.214. The molecular weight excluding hydrogens is 463 g/mol. The number of methoxy groups -OCH3 is 2. The third-order valence-corrected chi connectivity index (χ3v) is 5.74. The molecular formula is C28H27FN2O5. The molecule has 2 N–H and O–H groups in total. The number of halogens is 1. The fourth-order valence-electron chi connectivity index (χ4n) is 3.94. The van der Waals surface area contributed by atoms with Gasteiger partial charge in [0.25, 0.3) is 0 Å². The topological polar surface area (TPSA) is 89.9 Å². The summed E-state index contributed by atoms with van der Waals surface area (Å²) in [7, 11) is 3.06. The van der Waals surface area contributed by atoms with Gasteiger partial charge in [0, 0.05) is 42.4 Å². The lowest BCUT2D eigenvalue weighted by Crippen LogP contribution is -2.20. The van der Waals surface area contributed by atoms with Crippen molar-refractivity contribution in [3.63, 3.8) is 0 Å². The van der Waals surface area contributed by atoms with Gasteiger partial charge in [0.05, 0.1) is 19.7 Å². The second-order valence-electron chi connectivity index (χ2n) is 8.27. The Balaban J connectivity index is 1.46. The molecule has 1 amide bonds. The number of benzene rings is 3. The van der Waals surface area contributed by atoms with Crippen molar-refractivity contribution < 1.29 is 28.5 Å². The van der Waals surface area contributed by atoms with Gasteiger partial charge in [-0.3, -0.25) is 9.78 Å². The number of carbonyl (C=O) groups is 1. The molecule has 1 heterocycles. The first-order valence-electron chi connectivity index (χ1n) is 11.4. The number of aromatic nitrogens is 1. The molecule has 0 saturated carbocycles. The summed E-state index contributed by atoms with van der Waals surface area (Å²) in [5, 5.41) is 13.0. The van der Waals surface area contributed by atoms with Crippen LogP contribution in [0.4, 0.5) is 10.1 Å². The highest BCUT2D eigenvalue weighted by molar-refractivity contribution is 5.91. The van der Waals surface area contributed by atoms with Crippen LogP contribution < -0.4 is 19.5 Å². The number of hydrogen-bond donors (Lipinski definition) is 2. The van der Waals surface area contributed by atoms with Crippen molar-refractivity contribution >= 4 is 22.5 Å². The Morgan fingerprint density at radius 3 is 2.42 bits per heavy atom. The Morgan fingerprint density at radius 2 is 1.72 bits per heavy atom. The lowest BCUT2D eigenvalue weighted by molar-refractivity contribution is -0.117. The van der Waals surface area contributed by atoms with Gasteiger partial charge < -0.3 is 24.6 Å². The minimum Gasteiger partial charge on any atom is -0.493 e. The van der Waals surface area contributed by atoms with Gasteiger partial charge in [-0.15, -0.1) is 0 Å². The SMILES string of the molecule is COc1cc2nccc(Oc3ccc(NC(=O)CC(CO)Cc4ccccc4)cc3F)c2cc1OC. The summed E-state index contributed by atoms with van der Waals surface area (Å²) in [5.74, 6) is 0.217. The molecule has 0 bridgehead atoms. The number of anilines is 1. The van der Waals surface area contributed by atoms with E-state index in [0.717, 1.165) is 5.56 Å². The van der Waals surface area contributed by atoms with E-state index in [1.54, 1.807) is 30.5 Å². The van der Waals surface area contributed by atoms with E-state index in [2.05, 4.69) is 10.3 Å². The molecule has 7 nitrogen and oxygen atoms in total. The number of ether oxygens (including phenoxy) is 3. The number of nitrogens with one attached hydrogen (secondary N) is 1. The molecule has 1 atom stereocenters. The Bertz CT molecular complexity index is 1350. The normalized spacial score (nSPS) is 11.7. The highest BCUT2D eigenvalue weighted by Gasteiger charge is 2.16. The van der Waals surface area contributed by atoms with E-state index >= 15 is 0 Å². The molecule has 36 heavy (non-hydrogen) atoms. The summed E-state index contributed by atoms with van der Waals surface area (Å²) in [6.45, 7) is -0.125. The van der Waals surface area contributed by atoms with Crippen LogP contribution in [0.5, 0.6) is 23.0 Å². The predicted molar refractivity (Wildman–Crippen MR) is 135 cm³/mol. The number of fused-ring (bicyclic) bond motifs is 1. The Morgan fingerprint density at radius 1 is 0.972 bits per heavy atom. The quantitative estimate of drug-likeness (QED) is 0.311. The Kier molecular flexibility index (Phi) is 7.97. The molecule has 1 unspecified atom stereocenters. The highest BCUT2D eigenvalue weighted by Crippen LogP contribution is 2.37. The van der Waals surface area contributed by atoms with Crippen molar-refractivity contribution in [3.8, 4) is 23.0 Å². The van der Waals surface area contributed by atoms with Gasteiger partial charge >= 0.3 is 0 Å². The van der Waals surface area contributed by atoms with Crippen LogP contribution in [-0.4, -0.2) is 36.8 Å². The van der Waals surface area contributed by atoms with Crippen molar-refractivity contribution in [2.24, 2.45) is 5.92 Å². The summed E-state index contributed by atoms with van der Waals surface area (Å²) in [5.41, 5.74) is 1.94. The second kappa shape index (κ2) is 11.5. The number of rotatable bonds is 10. The second-order valence-corrected chi connectivity index (χ2v) is 8.27. The molecule has 0 aliphatic heterocycles. The molecule has 0 aliphatic carbocycles. The lowest BCUT2D eigenvalue weighted by atomic mass is 9.96. The largest absolute Gasteiger partial charge is 0.493 e. The van der Waals surface area contributed by atoms with Crippen LogP contribution in [0, 0.1) is 11.7 Å². The van der Waals surface area contributed by atoms with E-state index in [0.29, 0.717) is 40.3 Å². The maximum Gasteiger partial charge on any atom is 0.224 e. The number of aliphatic hydroxyl groups excluding tert-OH is 1. The fourth-order valence-corrected chi connectivity index (χ4v) is 3.94. The number of hydrogen-bond acceptors (Lipinski definition) is 6. The summed E-state index contributed by atoms with van der Waals surface area (Å²) in [4.78, 5) is 16.8. The molecule has 8 heteroatoms. The molecule has 1 aromatic heterocycles. The first kappa shape index (κ1) is 24.9. The maximum atomic E-state index is 14.9. The molecule has 4 aromatic rings.